The molecular formula is C15H16N4OS. The molecule has 5 nitrogen and oxygen atoms in total. The third-order valence-corrected chi connectivity index (χ3v) is 4.96. The number of fused-ring (bicyclic) bond motifs is 1. The second-order valence-corrected chi connectivity index (χ2v) is 6.38. The predicted octanol–water partition coefficient (Wildman–Crippen LogP) is 1.49. The first-order chi connectivity index (χ1) is 10.3. The van der Waals surface area contributed by atoms with E-state index in [0.717, 1.165) is 31.9 Å². The molecule has 0 aliphatic carbocycles. The van der Waals surface area contributed by atoms with Gasteiger partial charge < -0.3 is 4.90 Å². The molecule has 2 aromatic rings. The van der Waals surface area contributed by atoms with Crippen molar-refractivity contribution < 1.29 is 4.79 Å². The van der Waals surface area contributed by atoms with Crippen LogP contribution in [0.5, 0.6) is 0 Å². The zero-order valence-electron chi connectivity index (χ0n) is 11.6. The van der Waals surface area contributed by atoms with Gasteiger partial charge in [-0.25, -0.2) is 4.98 Å². The van der Waals surface area contributed by atoms with E-state index < -0.39 is 0 Å². The molecular weight excluding hydrogens is 284 g/mol. The highest BCUT2D eigenvalue weighted by molar-refractivity contribution is 7.07. The number of carbonyl (C=O) groups is 1. The Morgan fingerprint density at radius 3 is 3.00 bits per heavy atom. The second kappa shape index (κ2) is 5.20. The van der Waals surface area contributed by atoms with Crippen LogP contribution in [0.2, 0.25) is 0 Å². The Hall–Kier alpha value is -1.79. The lowest BCUT2D eigenvalue weighted by Crippen LogP contribution is -2.54. The highest BCUT2D eigenvalue weighted by Gasteiger charge is 2.46. The van der Waals surface area contributed by atoms with Gasteiger partial charge in [0.05, 0.1) is 11.2 Å². The molecule has 1 amide bonds. The average molecular weight is 300 g/mol. The summed E-state index contributed by atoms with van der Waals surface area (Å²) in [5.74, 6) is 0.680. The Morgan fingerprint density at radius 2 is 2.24 bits per heavy atom. The van der Waals surface area contributed by atoms with E-state index in [1.54, 1.807) is 5.51 Å². The van der Waals surface area contributed by atoms with Gasteiger partial charge in [0.25, 0.3) is 5.91 Å². The molecule has 4 heterocycles. The number of thiazole rings is 1. The van der Waals surface area contributed by atoms with Gasteiger partial charge in [-0.2, -0.15) is 0 Å². The van der Waals surface area contributed by atoms with Gasteiger partial charge in [0.15, 0.2) is 0 Å². The maximum absolute atomic E-state index is 12.3. The Morgan fingerprint density at radius 1 is 1.29 bits per heavy atom. The molecule has 2 aromatic heterocycles. The summed E-state index contributed by atoms with van der Waals surface area (Å²) in [5, 5.41) is 1.83. The minimum Gasteiger partial charge on any atom is -0.335 e. The zero-order valence-corrected chi connectivity index (χ0v) is 12.4. The summed E-state index contributed by atoms with van der Waals surface area (Å²) < 4.78 is 0. The largest absolute Gasteiger partial charge is 0.335 e. The molecule has 4 rings (SSSR count). The third kappa shape index (κ3) is 2.34. The maximum atomic E-state index is 12.3. The van der Waals surface area contributed by atoms with Crippen molar-refractivity contribution in [2.45, 2.75) is 12.6 Å². The molecule has 21 heavy (non-hydrogen) atoms. The van der Waals surface area contributed by atoms with Crippen LogP contribution in [0.4, 0.5) is 0 Å². The number of hydrogen-bond acceptors (Lipinski definition) is 5. The van der Waals surface area contributed by atoms with Crippen molar-refractivity contribution in [3.05, 3.63) is 46.7 Å². The Labute approximate surface area is 127 Å². The van der Waals surface area contributed by atoms with Crippen LogP contribution in [0.3, 0.4) is 0 Å². The van der Waals surface area contributed by atoms with Crippen LogP contribution in [-0.2, 0) is 6.54 Å². The zero-order chi connectivity index (χ0) is 14.2. The molecule has 2 atom stereocenters. The molecule has 0 bridgehead atoms. The van der Waals surface area contributed by atoms with Crippen LogP contribution in [0.15, 0.2) is 35.3 Å². The molecule has 0 spiro atoms. The van der Waals surface area contributed by atoms with Gasteiger partial charge in [-0.3, -0.25) is 14.7 Å². The molecule has 2 aliphatic rings. The minimum absolute atomic E-state index is 0.0726. The number of likely N-dealkylation sites (tertiary alicyclic amines) is 2. The number of nitrogens with zero attached hydrogens (tertiary/aromatic N) is 4. The van der Waals surface area contributed by atoms with Gasteiger partial charge in [0.1, 0.15) is 5.69 Å². The van der Waals surface area contributed by atoms with Crippen LogP contribution in [0.25, 0.3) is 0 Å². The topological polar surface area (TPSA) is 49.3 Å². The monoisotopic (exact) mass is 300 g/mol. The number of hydrogen-bond donors (Lipinski definition) is 0. The van der Waals surface area contributed by atoms with Crippen molar-refractivity contribution in [3.63, 3.8) is 0 Å². The summed E-state index contributed by atoms with van der Waals surface area (Å²) in [4.78, 5) is 25.2. The number of pyridine rings is 1. The van der Waals surface area contributed by atoms with Crippen molar-refractivity contribution in [1.82, 2.24) is 19.8 Å². The highest BCUT2D eigenvalue weighted by Crippen LogP contribution is 2.33. The van der Waals surface area contributed by atoms with E-state index >= 15 is 0 Å². The molecule has 2 fully saturated rings. The van der Waals surface area contributed by atoms with E-state index in [0.29, 0.717) is 17.7 Å². The summed E-state index contributed by atoms with van der Waals surface area (Å²) >= 11 is 1.47. The molecule has 108 valence electrons. The average Bonchev–Trinajstić information content (AvgIpc) is 3.13. The Balaban J connectivity index is 1.40. The molecule has 0 N–H and O–H groups in total. The summed E-state index contributed by atoms with van der Waals surface area (Å²) in [7, 11) is 0. The Bertz CT molecular complexity index is 630. The first kappa shape index (κ1) is 12.9. The van der Waals surface area contributed by atoms with E-state index in [9.17, 15) is 4.79 Å². The molecule has 2 unspecified atom stereocenters. The van der Waals surface area contributed by atoms with Gasteiger partial charge in [-0.15, -0.1) is 11.3 Å². The highest BCUT2D eigenvalue weighted by atomic mass is 32.1. The molecule has 0 radical (unpaired) electrons. The molecule has 0 saturated carbocycles. The van der Waals surface area contributed by atoms with E-state index in [2.05, 4.69) is 20.9 Å². The van der Waals surface area contributed by atoms with E-state index in [-0.39, 0.29) is 5.91 Å². The minimum atomic E-state index is 0.0726. The summed E-state index contributed by atoms with van der Waals surface area (Å²) in [6.07, 6.45) is 1.83. The summed E-state index contributed by atoms with van der Waals surface area (Å²) in [6, 6.07) is 6.49. The van der Waals surface area contributed by atoms with E-state index in [1.165, 1.54) is 11.3 Å². The van der Waals surface area contributed by atoms with Gasteiger partial charge in [-0.05, 0) is 12.1 Å². The Kier molecular flexibility index (Phi) is 3.20. The lowest BCUT2D eigenvalue weighted by molar-refractivity contribution is 0.0421. The fraction of sp³-hybridized carbons (Fsp3) is 0.400. The lowest BCUT2D eigenvalue weighted by atomic mass is 9.92. The van der Waals surface area contributed by atoms with Gasteiger partial charge in [0, 0.05) is 49.7 Å². The number of rotatable bonds is 3. The number of aromatic nitrogens is 2. The van der Waals surface area contributed by atoms with Crippen molar-refractivity contribution in [3.8, 4) is 0 Å². The summed E-state index contributed by atoms with van der Waals surface area (Å²) in [6.45, 7) is 3.61. The fourth-order valence-corrected chi connectivity index (χ4v) is 3.80. The SMILES string of the molecule is O=C(c1cscn1)N1CC2CN(Cc3ccccn3)C2C1. The standard InChI is InChI=1S/C15H16N4OS/c20-15(13-9-21-10-17-13)19-6-11-5-18(14(11)8-19)7-12-3-1-2-4-16-12/h1-4,9-11,14H,5-8H2. The van der Waals surface area contributed by atoms with Gasteiger partial charge in [0.2, 0.25) is 0 Å². The summed E-state index contributed by atoms with van der Waals surface area (Å²) in [5.41, 5.74) is 3.39. The van der Waals surface area contributed by atoms with Crippen LogP contribution in [0.1, 0.15) is 16.2 Å². The third-order valence-electron chi connectivity index (χ3n) is 4.37. The number of amides is 1. The molecule has 6 heteroatoms. The van der Waals surface area contributed by atoms with Crippen LogP contribution >= 0.6 is 11.3 Å². The molecule has 0 aromatic carbocycles. The van der Waals surface area contributed by atoms with Gasteiger partial charge in [-0.1, -0.05) is 6.07 Å². The van der Waals surface area contributed by atoms with Crippen LogP contribution in [-0.4, -0.2) is 51.4 Å². The van der Waals surface area contributed by atoms with Crippen LogP contribution in [0, 0.1) is 5.92 Å². The van der Waals surface area contributed by atoms with Crippen molar-refractivity contribution in [2.24, 2.45) is 5.92 Å². The molecule has 2 saturated heterocycles. The molecule has 2 aliphatic heterocycles. The number of carbonyl (C=O) groups excluding carboxylic acids is 1. The first-order valence-corrected chi connectivity index (χ1v) is 8.07. The van der Waals surface area contributed by atoms with E-state index in [1.807, 2.05) is 28.6 Å². The van der Waals surface area contributed by atoms with Gasteiger partial charge >= 0.3 is 0 Å². The van der Waals surface area contributed by atoms with Crippen LogP contribution < -0.4 is 0 Å². The van der Waals surface area contributed by atoms with Crippen molar-refractivity contribution in [2.75, 3.05) is 19.6 Å². The van der Waals surface area contributed by atoms with Crippen molar-refractivity contribution >= 4 is 17.2 Å². The lowest BCUT2D eigenvalue weighted by Gasteiger charge is -2.43. The fourth-order valence-electron chi connectivity index (χ4n) is 3.27. The maximum Gasteiger partial charge on any atom is 0.273 e. The smallest absolute Gasteiger partial charge is 0.273 e. The predicted molar refractivity (Wildman–Crippen MR) is 79.9 cm³/mol. The second-order valence-electron chi connectivity index (χ2n) is 5.66. The first-order valence-electron chi connectivity index (χ1n) is 7.12. The quantitative estimate of drug-likeness (QED) is 0.862. The normalized spacial score (nSPS) is 24.7. The van der Waals surface area contributed by atoms with Crippen molar-refractivity contribution in [1.29, 1.82) is 0 Å². The van der Waals surface area contributed by atoms with E-state index in [4.69, 9.17) is 0 Å².